The molecule has 0 spiro atoms. The van der Waals surface area contributed by atoms with E-state index >= 15 is 0 Å². The number of halogens is 4. The van der Waals surface area contributed by atoms with E-state index in [0.717, 1.165) is 31.0 Å². The molecule has 0 N–H and O–H groups in total. The summed E-state index contributed by atoms with van der Waals surface area (Å²) in [6, 6.07) is 8.15. The van der Waals surface area contributed by atoms with Crippen LogP contribution in [0.5, 0.6) is 11.6 Å². The Kier molecular flexibility index (Phi) is 6.07. The molecule has 2 rings (SSSR count). The molecule has 0 fully saturated rings. The molecule has 0 aliphatic carbocycles. The molecule has 0 atom stereocenters. The summed E-state index contributed by atoms with van der Waals surface area (Å²) >= 11 is 5.82. The molecule has 130 valence electrons. The van der Waals surface area contributed by atoms with Crippen molar-refractivity contribution >= 4 is 11.6 Å². The Balaban J connectivity index is 2.01. The Morgan fingerprint density at radius 3 is 2.38 bits per heavy atom. The van der Waals surface area contributed by atoms with Crippen molar-refractivity contribution in [1.29, 1.82) is 0 Å². The third-order valence-corrected chi connectivity index (χ3v) is 3.61. The van der Waals surface area contributed by atoms with Crippen molar-refractivity contribution in [2.75, 3.05) is 20.6 Å². The molecule has 0 saturated carbocycles. The molecule has 1 aromatic carbocycles. The van der Waals surface area contributed by atoms with Gasteiger partial charge < -0.3 is 9.64 Å². The maximum atomic E-state index is 12.6. The standard InChI is InChI=1S/C17H18ClF3N2O/c1-23(2)9-3-4-12-5-7-14(8-6-12)24-16-15(18)10-13(11-22-16)17(19,20)21/h5-8,10-11H,3-4,9H2,1-2H3. The first-order chi connectivity index (χ1) is 11.3. The topological polar surface area (TPSA) is 25.4 Å². The highest BCUT2D eigenvalue weighted by atomic mass is 35.5. The largest absolute Gasteiger partial charge is 0.438 e. The van der Waals surface area contributed by atoms with Gasteiger partial charge in [-0.25, -0.2) is 4.98 Å². The third-order valence-electron chi connectivity index (χ3n) is 3.34. The second kappa shape index (κ2) is 7.85. The number of rotatable bonds is 6. The Bertz CT molecular complexity index is 673. The summed E-state index contributed by atoms with van der Waals surface area (Å²) in [5.41, 5.74) is 0.256. The number of aromatic nitrogens is 1. The molecule has 2 aromatic rings. The quantitative estimate of drug-likeness (QED) is 0.723. The van der Waals surface area contributed by atoms with E-state index < -0.39 is 11.7 Å². The van der Waals surface area contributed by atoms with Gasteiger partial charge in [-0.15, -0.1) is 0 Å². The van der Waals surface area contributed by atoms with Crippen molar-refractivity contribution in [3.8, 4) is 11.6 Å². The smallest absolute Gasteiger partial charge is 0.417 e. The van der Waals surface area contributed by atoms with E-state index in [1.165, 1.54) is 0 Å². The van der Waals surface area contributed by atoms with Crippen LogP contribution in [0, 0.1) is 0 Å². The second-order valence-electron chi connectivity index (χ2n) is 5.66. The molecule has 1 aromatic heterocycles. The number of hydrogen-bond acceptors (Lipinski definition) is 3. The SMILES string of the molecule is CN(C)CCCc1ccc(Oc2ncc(C(F)(F)F)cc2Cl)cc1. The minimum atomic E-state index is -4.48. The maximum absolute atomic E-state index is 12.6. The summed E-state index contributed by atoms with van der Waals surface area (Å²) in [6.45, 7) is 1.00. The zero-order chi connectivity index (χ0) is 17.7. The van der Waals surface area contributed by atoms with Gasteiger partial charge in [0.1, 0.15) is 10.8 Å². The van der Waals surface area contributed by atoms with Gasteiger partial charge in [-0.05, 0) is 57.2 Å². The number of hydrogen-bond donors (Lipinski definition) is 0. The van der Waals surface area contributed by atoms with Crippen LogP contribution >= 0.6 is 11.6 Å². The lowest BCUT2D eigenvalue weighted by Gasteiger charge is -2.11. The number of benzene rings is 1. The van der Waals surface area contributed by atoms with Gasteiger partial charge in [-0.2, -0.15) is 13.2 Å². The normalized spacial score (nSPS) is 11.8. The van der Waals surface area contributed by atoms with Gasteiger partial charge in [0.25, 0.3) is 0 Å². The number of pyridine rings is 1. The highest BCUT2D eigenvalue weighted by molar-refractivity contribution is 6.31. The minimum absolute atomic E-state index is 0.0509. The summed E-state index contributed by atoms with van der Waals surface area (Å²) in [5, 5.41) is -0.181. The van der Waals surface area contributed by atoms with Crippen LogP contribution in [0.15, 0.2) is 36.5 Å². The van der Waals surface area contributed by atoms with Gasteiger partial charge in [0.05, 0.1) is 5.56 Å². The first kappa shape index (κ1) is 18.5. The molecular weight excluding hydrogens is 341 g/mol. The van der Waals surface area contributed by atoms with E-state index in [4.69, 9.17) is 16.3 Å². The molecule has 0 amide bonds. The summed E-state index contributed by atoms with van der Waals surface area (Å²) < 4.78 is 43.2. The average Bonchev–Trinajstić information content (AvgIpc) is 2.49. The van der Waals surface area contributed by atoms with Crippen molar-refractivity contribution in [1.82, 2.24) is 9.88 Å². The molecule has 0 aliphatic rings. The van der Waals surface area contributed by atoms with Gasteiger partial charge in [-0.1, -0.05) is 23.7 Å². The van der Waals surface area contributed by atoms with Crippen LogP contribution in [0.3, 0.4) is 0 Å². The van der Waals surface area contributed by atoms with Crippen LogP contribution in [0.4, 0.5) is 13.2 Å². The second-order valence-corrected chi connectivity index (χ2v) is 6.07. The van der Waals surface area contributed by atoms with Crippen LogP contribution in [0.25, 0.3) is 0 Å². The van der Waals surface area contributed by atoms with Crippen molar-refractivity contribution in [2.45, 2.75) is 19.0 Å². The molecule has 1 heterocycles. The number of aryl methyl sites for hydroxylation is 1. The Hall–Kier alpha value is -1.79. The molecular formula is C17H18ClF3N2O. The van der Waals surface area contributed by atoms with Crippen LogP contribution < -0.4 is 4.74 Å². The van der Waals surface area contributed by atoms with Crippen molar-refractivity contribution < 1.29 is 17.9 Å². The first-order valence-electron chi connectivity index (χ1n) is 7.40. The van der Waals surface area contributed by atoms with E-state index in [0.29, 0.717) is 11.9 Å². The molecule has 0 bridgehead atoms. The number of nitrogens with zero attached hydrogens (tertiary/aromatic N) is 2. The van der Waals surface area contributed by atoms with Gasteiger partial charge in [0.15, 0.2) is 0 Å². The van der Waals surface area contributed by atoms with Crippen molar-refractivity contribution in [3.63, 3.8) is 0 Å². The van der Waals surface area contributed by atoms with Crippen LogP contribution in [0.2, 0.25) is 5.02 Å². The van der Waals surface area contributed by atoms with E-state index in [1.807, 2.05) is 26.2 Å². The summed E-state index contributed by atoms with van der Waals surface area (Å²) in [4.78, 5) is 5.77. The molecule has 3 nitrogen and oxygen atoms in total. The first-order valence-corrected chi connectivity index (χ1v) is 7.78. The lowest BCUT2D eigenvalue weighted by atomic mass is 10.1. The van der Waals surface area contributed by atoms with Gasteiger partial charge in [-0.3, -0.25) is 0 Å². The van der Waals surface area contributed by atoms with E-state index in [2.05, 4.69) is 9.88 Å². The van der Waals surface area contributed by atoms with Crippen molar-refractivity contribution in [2.24, 2.45) is 0 Å². The van der Waals surface area contributed by atoms with Crippen LogP contribution in [-0.2, 0) is 12.6 Å². The monoisotopic (exact) mass is 358 g/mol. The number of alkyl halides is 3. The summed E-state index contributed by atoms with van der Waals surface area (Å²) in [5.74, 6) is 0.422. The lowest BCUT2D eigenvalue weighted by Crippen LogP contribution is -2.13. The highest BCUT2D eigenvalue weighted by Gasteiger charge is 2.31. The van der Waals surface area contributed by atoms with Gasteiger partial charge in [0, 0.05) is 6.20 Å². The maximum Gasteiger partial charge on any atom is 0.417 e. The fourth-order valence-electron chi connectivity index (χ4n) is 2.09. The number of ether oxygens (including phenoxy) is 1. The van der Waals surface area contributed by atoms with Crippen LogP contribution in [-0.4, -0.2) is 30.5 Å². The van der Waals surface area contributed by atoms with E-state index in [1.54, 1.807) is 12.1 Å². The highest BCUT2D eigenvalue weighted by Crippen LogP contribution is 2.34. The lowest BCUT2D eigenvalue weighted by molar-refractivity contribution is -0.137. The molecule has 7 heteroatoms. The summed E-state index contributed by atoms with van der Waals surface area (Å²) in [6.07, 6.45) is -1.79. The van der Waals surface area contributed by atoms with Crippen molar-refractivity contribution in [3.05, 3.63) is 52.7 Å². The minimum Gasteiger partial charge on any atom is -0.438 e. The predicted molar refractivity (Wildman–Crippen MR) is 87.6 cm³/mol. The zero-order valence-electron chi connectivity index (χ0n) is 13.4. The molecule has 24 heavy (non-hydrogen) atoms. The zero-order valence-corrected chi connectivity index (χ0v) is 14.2. The van der Waals surface area contributed by atoms with E-state index in [9.17, 15) is 13.2 Å². The van der Waals surface area contributed by atoms with Gasteiger partial charge >= 0.3 is 6.18 Å². The Labute approximate surface area is 144 Å². The average molecular weight is 359 g/mol. The van der Waals surface area contributed by atoms with E-state index in [-0.39, 0.29) is 10.9 Å². The summed E-state index contributed by atoms with van der Waals surface area (Å²) in [7, 11) is 4.05. The van der Waals surface area contributed by atoms with Crippen LogP contribution in [0.1, 0.15) is 17.5 Å². The third kappa shape index (κ3) is 5.39. The Morgan fingerprint density at radius 2 is 1.83 bits per heavy atom. The molecule has 0 radical (unpaired) electrons. The fourth-order valence-corrected chi connectivity index (χ4v) is 2.30. The van der Waals surface area contributed by atoms with Gasteiger partial charge in [0.2, 0.25) is 5.88 Å². The Morgan fingerprint density at radius 1 is 1.17 bits per heavy atom. The molecule has 0 aliphatic heterocycles. The fraction of sp³-hybridized carbons (Fsp3) is 0.353. The predicted octanol–water partition coefficient (Wildman–Crippen LogP) is 5.04. The molecule has 0 unspecified atom stereocenters. The molecule has 0 saturated heterocycles.